The second-order valence-electron chi connectivity index (χ2n) is 8.00. The smallest absolute Gasteiger partial charge is 0.287 e. The summed E-state index contributed by atoms with van der Waals surface area (Å²) in [4.78, 5) is 25.3. The quantitative estimate of drug-likeness (QED) is 0.689. The zero-order valence-corrected chi connectivity index (χ0v) is 17.8. The molecule has 0 bridgehead atoms. The first-order chi connectivity index (χ1) is 14.5. The lowest BCUT2D eigenvalue weighted by Gasteiger charge is -2.22. The maximum Gasteiger partial charge on any atom is 0.287 e. The molecule has 4 rings (SSSR count). The fourth-order valence-electron chi connectivity index (χ4n) is 4.32. The first-order valence-corrected chi connectivity index (χ1v) is 11.0. The maximum atomic E-state index is 12.8. The monoisotopic (exact) mass is 427 g/mol. The molecule has 0 saturated heterocycles. The van der Waals surface area contributed by atoms with Crippen molar-refractivity contribution in [3.05, 3.63) is 57.5 Å². The van der Waals surface area contributed by atoms with Gasteiger partial charge >= 0.3 is 0 Å². The first-order valence-electron chi connectivity index (χ1n) is 10.6. The number of furan rings is 1. The van der Waals surface area contributed by atoms with Crippen molar-refractivity contribution in [1.82, 2.24) is 10.7 Å². The van der Waals surface area contributed by atoms with Crippen LogP contribution in [-0.2, 0) is 6.42 Å². The summed E-state index contributed by atoms with van der Waals surface area (Å²) >= 11 is 6.10. The Kier molecular flexibility index (Phi) is 6.23. The van der Waals surface area contributed by atoms with Crippen LogP contribution in [0.5, 0.6) is 0 Å². The Bertz CT molecular complexity index is 990. The van der Waals surface area contributed by atoms with Gasteiger partial charge in [0, 0.05) is 23.6 Å². The lowest BCUT2D eigenvalue weighted by atomic mass is 9.93. The van der Waals surface area contributed by atoms with Crippen LogP contribution in [0.15, 0.2) is 33.8 Å². The highest BCUT2D eigenvalue weighted by Crippen LogP contribution is 2.30. The van der Waals surface area contributed by atoms with Crippen LogP contribution >= 0.6 is 11.6 Å². The summed E-state index contributed by atoms with van der Waals surface area (Å²) in [5, 5.41) is 7.85. The SMILES string of the molecule is Cc1c(C(=O)NC2CCCCC2)oc2c1/C(=N/NC(=O)c1ccccc1Cl)CCC2. The van der Waals surface area contributed by atoms with Gasteiger partial charge in [0.2, 0.25) is 0 Å². The van der Waals surface area contributed by atoms with E-state index in [0.29, 0.717) is 22.8 Å². The van der Waals surface area contributed by atoms with Crippen LogP contribution < -0.4 is 10.7 Å². The number of benzene rings is 1. The van der Waals surface area contributed by atoms with Crippen LogP contribution in [0.3, 0.4) is 0 Å². The van der Waals surface area contributed by atoms with Gasteiger partial charge < -0.3 is 9.73 Å². The largest absolute Gasteiger partial charge is 0.455 e. The van der Waals surface area contributed by atoms with Crippen molar-refractivity contribution in [2.75, 3.05) is 0 Å². The van der Waals surface area contributed by atoms with Crippen molar-refractivity contribution >= 4 is 29.1 Å². The van der Waals surface area contributed by atoms with Gasteiger partial charge in [-0.2, -0.15) is 5.10 Å². The number of rotatable bonds is 4. The van der Waals surface area contributed by atoms with Crippen molar-refractivity contribution in [2.24, 2.45) is 5.10 Å². The van der Waals surface area contributed by atoms with Crippen molar-refractivity contribution in [2.45, 2.75) is 64.3 Å². The van der Waals surface area contributed by atoms with Crippen LogP contribution in [0.1, 0.15) is 82.7 Å². The zero-order valence-electron chi connectivity index (χ0n) is 17.1. The topological polar surface area (TPSA) is 83.7 Å². The minimum absolute atomic E-state index is 0.159. The lowest BCUT2D eigenvalue weighted by Crippen LogP contribution is -2.36. The molecule has 2 N–H and O–H groups in total. The molecule has 0 spiro atoms. The normalized spacial score (nSPS) is 18.1. The third-order valence-electron chi connectivity index (χ3n) is 5.88. The summed E-state index contributed by atoms with van der Waals surface area (Å²) in [5.41, 5.74) is 5.33. The number of aryl methyl sites for hydroxylation is 1. The van der Waals surface area contributed by atoms with Gasteiger partial charge in [0.05, 0.1) is 16.3 Å². The zero-order chi connectivity index (χ0) is 21.1. The summed E-state index contributed by atoms with van der Waals surface area (Å²) in [6, 6.07) is 7.06. The molecule has 1 saturated carbocycles. The van der Waals surface area contributed by atoms with Crippen molar-refractivity contribution in [1.29, 1.82) is 0 Å². The highest BCUT2D eigenvalue weighted by molar-refractivity contribution is 6.33. The standard InChI is InChI=1S/C23H26ClN3O3/c1-14-20-18(26-27-22(28)16-10-5-6-11-17(16)24)12-7-13-19(20)30-21(14)23(29)25-15-8-3-2-4-9-15/h5-6,10-11,15H,2-4,7-9,12-13H2,1H3,(H,25,29)(H,27,28)/b26-18+. The molecule has 2 amide bonds. The van der Waals surface area contributed by atoms with E-state index in [2.05, 4.69) is 15.8 Å². The Morgan fingerprint density at radius 1 is 1.07 bits per heavy atom. The van der Waals surface area contributed by atoms with Gasteiger partial charge in [-0.15, -0.1) is 0 Å². The van der Waals surface area contributed by atoms with E-state index in [1.807, 2.05) is 6.92 Å². The highest BCUT2D eigenvalue weighted by atomic mass is 35.5. The number of nitrogens with zero attached hydrogens (tertiary/aromatic N) is 1. The number of nitrogens with one attached hydrogen (secondary N) is 2. The molecule has 30 heavy (non-hydrogen) atoms. The molecule has 0 unspecified atom stereocenters. The number of fused-ring (bicyclic) bond motifs is 1. The second kappa shape index (κ2) is 9.04. The van der Waals surface area contributed by atoms with E-state index in [0.717, 1.165) is 61.1 Å². The molecule has 1 aromatic heterocycles. The number of carbonyl (C=O) groups excluding carboxylic acids is 2. The van der Waals surface area contributed by atoms with E-state index >= 15 is 0 Å². The Balaban J connectivity index is 1.53. The van der Waals surface area contributed by atoms with E-state index in [1.165, 1.54) is 6.42 Å². The number of hydrogen-bond acceptors (Lipinski definition) is 4. The fourth-order valence-corrected chi connectivity index (χ4v) is 4.54. The molecular weight excluding hydrogens is 402 g/mol. The predicted octanol–water partition coefficient (Wildman–Crippen LogP) is 4.77. The number of hydrogen-bond donors (Lipinski definition) is 2. The first kappa shape index (κ1) is 20.7. The average molecular weight is 428 g/mol. The number of carbonyl (C=O) groups is 2. The summed E-state index contributed by atoms with van der Waals surface area (Å²) in [6.45, 7) is 1.88. The van der Waals surface area contributed by atoms with Crippen LogP contribution in [0.4, 0.5) is 0 Å². The Labute approximate surface area is 181 Å². The van der Waals surface area contributed by atoms with E-state index in [9.17, 15) is 9.59 Å². The minimum atomic E-state index is -0.364. The molecule has 0 aliphatic heterocycles. The molecule has 1 fully saturated rings. The average Bonchev–Trinajstić information content (AvgIpc) is 3.10. The van der Waals surface area contributed by atoms with E-state index in [-0.39, 0.29) is 17.9 Å². The van der Waals surface area contributed by atoms with Gasteiger partial charge in [0.15, 0.2) is 5.76 Å². The fraction of sp³-hybridized carbons (Fsp3) is 0.435. The van der Waals surface area contributed by atoms with Crippen molar-refractivity contribution < 1.29 is 14.0 Å². The number of halogens is 1. The van der Waals surface area contributed by atoms with E-state index in [1.54, 1.807) is 24.3 Å². The van der Waals surface area contributed by atoms with Crippen molar-refractivity contribution in [3.8, 4) is 0 Å². The number of hydrazone groups is 1. The molecular formula is C23H26ClN3O3. The molecule has 0 radical (unpaired) electrons. The third-order valence-corrected chi connectivity index (χ3v) is 6.21. The third kappa shape index (κ3) is 4.29. The molecule has 7 heteroatoms. The maximum absolute atomic E-state index is 12.8. The molecule has 2 aromatic rings. The van der Waals surface area contributed by atoms with Crippen LogP contribution in [0, 0.1) is 6.92 Å². The molecule has 158 valence electrons. The Morgan fingerprint density at radius 2 is 1.83 bits per heavy atom. The van der Waals surface area contributed by atoms with Gasteiger partial charge in [-0.05, 0) is 44.7 Å². The second-order valence-corrected chi connectivity index (χ2v) is 8.40. The van der Waals surface area contributed by atoms with Gasteiger partial charge in [-0.1, -0.05) is 43.0 Å². The summed E-state index contributed by atoms with van der Waals surface area (Å²) in [6.07, 6.45) is 7.90. The summed E-state index contributed by atoms with van der Waals surface area (Å²) < 4.78 is 5.95. The molecule has 1 heterocycles. The van der Waals surface area contributed by atoms with Gasteiger partial charge in [-0.3, -0.25) is 9.59 Å². The molecule has 1 aromatic carbocycles. The molecule has 6 nitrogen and oxygen atoms in total. The Morgan fingerprint density at radius 3 is 2.60 bits per heavy atom. The van der Waals surface area contributed by atoms with E-state index < -0.39 is 0 Å². The van der Waals surface area contributed by atoms with E-state index in [4.69, 9.17) is 16.0 Å². The Hall–Kier alpha value is -2.60. The van der Waals surface area contributed by atoms with Crippen molar-refractivity contribution in [3.63, 3.8) is 0 Å². The van der Waals surface area contributed by atoms with Gasteiger partial charge in [0.1, 0.15) is 5.76 Å². The molecule has 0 atom stereocenters. The van der Waals surface area contributed by atoms with Crippen LogP contribution in [-0.4, -0.2) is 23.6 Å². The highest BCUT2D eigenvalue weighted by Gasteiger charge is 2.29. The van der Waals surface area contributed by atoms with Gasteiger partial charge in [-0.25, -0.2) is 5.43 Å². The summed E-state index contributed by atoms with van der Waals surface area (Å²) in [7, 11) is 0. The summed E-state index contributed by atoms with van der Waals surface area (Å²) in [5.74, 6) is 0.598. The molecule has 2 aliphatic rings. The minimum Gasteiger partial charge on any atom is -0.455 e. The predicted molar refractivity (Wildman–Crippen MR) is 116 cm³/mol. The lowest BCUT2D eigenvalue weighted by molar-refractivity contribution is 0.0896. The van der Waals surface area contributed by atoms with Crippen LogP contribution in [0.2, 0.25) is 5.02 Å². The number of amides is 2. The van der Waals surface area contributed by atoms with Crippen LogP contribution in [0.25, 0.3) is 0 Å². The molecule has 2 aliphatic carbocycles. The van der Waals surface area contributed by atoms with Gasteiger partial charge in [0.25, 0.3) is 11.8 Å².